The zero-order valence-corrected chi connectivity index (χ0v) is 20.9. The van der Waals surface area contributed by atoms with Crippen molar-refractivity contribution in [1.29, 1.82) is 0 Å². The highest BCUT2D eigenvalue weighted by atomic mass is 79.9. The molecule has 0 saturated carbocycles. The van der Waals surface area contributed by atoms with Crippen LogP contribution in [0.2, 0.25) is 18.1 Å². The summed E-state index contributed by atoms with van der Waals surface area (Å²) in [7, 11) is 0.427. The first kappa shape index (κ1) is 21.2. The highest BCUT2D eigenvalue weighted by Gasteiger charge is 2.51. The van der Waals surface area contributed by atoms with Crippen molar-refractivity contribution in [3.05, 3.63) is 34.2 Å². The molecule has 1 fully saturated rings. The van der Waals surface area contributed by atoms with Gasteiger partial charge in [0.05, 0.1) is 21.9 Å². The monoisotopic (exact) mass is 479 g/mol. The number of benzene rings is 1. The van der Waals surface area contributed by atoms with E-state index in [0.717, 1.165) is 43.7 Å². The van der Waals surface area contributed by atoms with Crippen molar-refractivity contribution in [2.45, 2.75) is 44.3 Å². The molecule has 0 N–H and O–H groups in total. The van der Waals surface area contributed by atoms with Gasteiger partial charge < -0.3 is 9.33 Å². The SMILES string of the molecule is CN1CC2(CN(CCO[Si](C)(C)C(C)(C)C)C2)c2c1cnc1cc(F)c(Br)cc21. The van der Waals surface area contributed by atoms with Gasteiger partial charge in [0.2, 0.25) is 0 Å². The lowest BCUT2D eigenvalue weighted by atomic mass is 9.74. The number of likely N-dealkylation sites (tertiary alicyclic amines) is 1. The van der Waals surface area contributed by atoms with Crippen molar-refractivity contribution in [3.63, 3.8) is 0 Å². The van der Waals surface area contributed by atoms with Gasteiger partial charge in [0.25, 0.3) is 0 Å². The molecular formula is C22H31BrFN3OSi. The van der Waals surface area contributed by atoms with Crippen molar-refractivity contribution in [1.82, 2.24) is 9.88 Å². The van der Waals surface area contributed by atoms with E-state index in [4.69, 9.17) is 4.43 Å². The minimum atomic E-state index is -1.70. The second-order valence-electron chi connectivity index (χ2n) is 10.3. The van der Waals surface area contributed by atoms with Crippen LogP contribution in [-0.4, -0.2) is 58.0 Å². The fraction of sp³-hybridized carbons (Fsp3) is 0.591. The van der Waals surface area contributed by atoms with Gasteiger partial charge >= 0.3 is 0 Å². The lowest BCUT2D eigenvalue weighted by Crippen LogP contribution is -2.61. The summed E-state index contributed by atoms with van der Waals surface area (Å²) in [5, 5.41) is 1.31. The third-order valence-corrected chi connectivity index (χ3v) is 12.2. The predicted molar refractivity (Wildman–Crippen MR) is 124 cm³/mol. The molecule has 0 radical (unpaired) electrons. The van der Waals surface area contributed by atoms with Crippen LogP contribution < -0.4 is 4.90 Å². The Bertz CT molecular complexity index is 953. The maximum absolute atomic E-state index is 14.0. The lowest BCUT2D eigenvalue weighted by Gasteiger charge is -2.49. The van der Waals surface area contributed by atoms with Gasteiger partial charge in [0.15, 0.2) is 8.32 Å². The molecule has 3 heterocycles. The number of aromatic nitrogens is 1. The number of hydrogen-bond donors (Lipinski definition) is 0. The Hall–Kier alpha value is -1.02. The van der Waals surface area contributed by atoms with Crippen LogP contribution in [0.5, 0.6) is 0 Å². The summed E-state index contributed by atoms with van der Waals surface area (Å²) >= 11 is 3.36. The average molecular weight is 480 g/mol. The molecule has 4 nitrogen and oxygen atoms in total. The van der Waals surface area contributed by atoms with Crippen LogP contribution in [-0.2, 0) is 9.84 Å². The maximum atomic E-state index is 14.0. The van der Waals surface area contributed by atoms with Crippen molar-refractivity contribution < 1.29 is 8.82 Å². The quantitative estimate of drug-likeness (QED) is 0.566. The fourth-order valence-electron chi connectivity index (χ4n) is 4.51. The second kappa shape index (κ2) is 7.01. The third kappa shape index (κ3) is 3.54. The van der Waals surface area contributed by atoms with Gasteiger partial charge in [0, 0.05) is 56.7 Å². The molecule has 2 aliphatic rings. The van der Waals surface area contributed by atoms with E-state index in [-0.39, 0.29) is 16.3 Å². The predicted octanol–water partition coefficient (Wildman–Crippen LogP) is 5.16. The largest absolute Gasteiger partial charge is 0.416 e. The number of fused-ring (bicyclic) bond motifs is 4. The third-order valence-electron chi connectivity index (χ3n) is 7.10. The summed E-state index contributed by atoms with van der Waals surface area (Å²) in [6.45, 7) is 16.2. The highest BCUT2D eigenvalue weighted by Crippen LogP contribution is 2.49. The molecule has 0 aliphatic carbocycles. The van der Waals surface area contributed by atoms with E-state index >= 15 is 0 Å². The molecule has 1 aromatic heterocycles. The molecule has 4 rings (SSSR count). The molecule has 2 aliphatic heterocycles. The Morgan fingerprint density at radius 1 is 1.24 bits per heavy atom. The molecule has 2 aromatic rings. The Balaban J connectivity index is 1.52. The molecule has 1 spiro atoms. The number of halogens is 2. The molecule has 0 amide bonds. The zero-order valence-electron chi connectivity index (χ0n) is 18.3. The van der Waals surface area contributed by atoms with Gasteiger partial charge in [-0.25, -0.2) is 4.39 Å². The van der Waals surface area contributed by atoms with E-state index in [1.54, 1.807) is 0 Å². The number of rotatable bonds is 4. The van der Waals surface area contributed by atoms with Crippen molar-refractivity contribution in [2.24, 2.45) is 0 Å². The lowest BCUT2D eigenvalue weighted by molar-refractivity contribution is 0.0604. The van der Waals surface area contributed by atoms with Gasteiger partial charge in [-0.15, -0.1) is 0 Å². The number of nitrogens with zero attached hydrogens (tertiary/aromatic N) is 3. The number of pyridine rings is 1. The average Bonchev–Trinajstić information content (AvgIpc) is 2.88. The fourth-order valence-corrected chi connectivity index (χ4v) is 5.89. The van der Waals surface area contributed by atoms with Crippen LogP contribution in [0.4, 0.5) is 10.1 Å². The van der Waals surface area contributed by atoms with Gasteiger partial charge in [-0.3, -0.25) is 9.88 Å². The molecule has 0 unspecified atom stereocenters. The Kier molecular flexibility index (Phi) is 5.13. The first-order chi connectivity index (χ1) is 13.4. The van der Waals surface area contributed by atoms with E-state index in [0.29, 0.717) is 4.47 Å². The van der Waals surface area contributed by atoms with Gasteiger partial charge in [-0.05, 0) is 45.7 Å². The first-order valence-electron chi connectivity index (χ1n) is 10.3. The smallest absolute Gasteiger partial charge is 0.192 e. The topological polar surface area (TPSA) is 28.6 Å². The molecule has 1 aromatic carbocycles. The first-order valence-corrected chi connectivity index (χ1v) is 14.0. The van der Waals surface area contributed by atoms with Crippen LogP contribution in [0.15, 0.2) is 22.8 Å². The minimum absolute atomic E-state index is 0.0967. The van der Waals surface area contributed by atoms with Gasteiger partial charge in [-0.2, -0.15) is 0 Å². The minimum Gasteiger partial charge on any atom is -0.416 e. The van der Waals surface area contributed by atoms with Crippen LogP contribution in [0.3, 0.4) is 0 Å². The van der Waals surface area contributed by atoms with E-state index in [1.165, 1.54) is 17.3 Å². The maximum Gasteiger partial charge on any atom is 0.192 e. The van der Waals surface area contributed by atoms with Crippen molar-refractivity contribution >= 4 is 40.8 Å². The second-order valence-corrected chi connectivity index (χ2v) is 15.9. The van der Waals surface area contributed by atoms with E-state index < -0.39 is 8.32 Å². The number of likely N-dealkylation sites (N-methyl/N-ethyl adjacent to an activating group) is 1. The standard InChI is InChI=1S/C22H31BrFN3OSi/c1-21(2,3)29(5,6)28-8-7-27-13-22(14-27)12-26(4)19-11-25-18-10-17(24)16(23)9-15(18)20(19)22/h9-11H,7-8,12-14H2,1-6H3. The molecule has 0 atom stereocenters. The van der Waals surface area contributed by atoms with Crippen LogP contribution in [0, 0.1) is 5.82 Å². The number of anilines is 1. The summed E-state index contributed by atoms with van der Waals surface area (Å²) in [5.41, 5.74) is 3.33. The number of hydrogen-bond acceptors (Lipinski definition) is 4. The highest BCUT2D eigenvalue weighted by molar-refractivity contribution is 9.10. The molecule has 0 bridgehead atoms. The molecule has 1 saturated heterocycles. The molecule has 158 valence electrons. The summed E-state index contributed by atoms with van der Waals surface area (Å²) in [5.74, 6) is -0.261. The van der Waals surface area contributed by atoms with Gasteiger partial charge in [-0.1, -0.05) is 20.8 Å². The van der Waals surface area contributed by atoms with Gasteiger partial charge in [0.1, 0.15) is 5.82 Å². The van der Waals surface area contributed by atoms with Crippen LogP contribution in [0.1, 0.15) is 26.3 Å². The Morgan fingerprint density at radius 3 is 2.59 bits per heavy atom. The summed E-state index contributed by atoms with van der Waals surface area (Å²) < 4.78 is 20.9. The Labute approximate surface area is 182 Å². The van der Waals surface area contributed by atoms with E-state index in [1.807, 2.05) is 12.3 Å². The molecule has 7 heteroatoms. The van der Waals surface area contributed by atoms with Crippen molar-refractivity contribution in [2.75, 3.05) is 44.7 Å². The summed E-state index contributed by atoms with van der Waals surface area (Å²) in [4.78, 5) is 9.30. The molecule has 29 heavy (non-hydrogen) atoms. The summed E-state index contributed by atoms with van der Waals surface area (Å²) in [6, 6.07) is 3.44. The van der Waals surface area contributed by atoms with Crippen LogP contribution >= 0.6 is 15.9 Å². The summed E-state index contributed by atoms with van der Waals surface area (Å²) in [6.07, 6.45) is 1.91. The van der Waals surface area contributed by atoms with Crippen LogP contribution in [0.25, 0.3) is 10.9 Å². The Morgan fingerprint density at radius 2 is 1.93 bits per heavy atom. The zero-order chi connectivity index (χ0) is 21.2. The normalized spacial score (nSPS) is 19.1. The molecular weight excluding hydrogens is 449 g/mol. The van der Waals surface area contributed by atoms with E-state index in [9.17, 15) is 4.39 Å². The van der Waals surface area contributed by atoms with E-state index in [2.05, 4.69) is 71.6 Å². The van der Waals surface area contributed by atoms with Crippen molar-refractivity contribution in [3.8, 4) is 0 Å².